The van der Waals surface area contributed by atoms with Crippen LogP contribution in [0.2, 0.25) is 5.02 Å². The molecule has 144 valence electrons. The van der Waals surface area contributed by atoms with Crippen LogP contribution in [0, 0.1) is 12.7 Å². The molecule has 0 N–H and O–H groups in total. The van der Waals surface area contributed by atoms with Crippen LogP contribution in [-0.2, 0) is 0 Å². The van der Waals surface area contributed by atoms with Gasteiger partial charge in [-0.1, -0.05) is 41.9 Å². The van der Waals surface area contributed by atoms with E-state index < -0.39 is 0 Å². The molecule has 1 saturated heterocycles. The maximum absolute atomic E-state index is 14.0. The van der Waals surface area contributed by atoms with Gasteiger partial charge in [0.25, 0.3) is 5.91 Å². The molecule has 2 heterocycles. The van der Waals surface area contributed by atoms with E-state index in [0.717, 1.165) is 10.6 Å². The van der Waals surface area contributed by atoms with E-state index in [0.29, 0.717) is 47.5 Å². The molecule has 1 amide bonds. The smallest absolute Gasteiger partial charge is 0.265 e. The van der Waals surface area contributed by atoms with Crippen LogP contribution in [0.3, 0.4) is 0 Å². The van der Waals surface area contributed by atoms with Crippen molar-refractivity contribution < 1.29 is 9.18 Å². The second-order valence-electron chi connectivity index (χ2n) is 6.64. The van der Waals surface area contributed by atoms with Gasteiger partial charge in [-0.25, -0.2) is 9.37 Å². The molecule has 7 heteroatoms. The van der Waals surface area contributed by atoms with Crippen LogP contribution in [0.5, 0.6) is 0 Å². The Labute approximate surface area is 172 Å². The minimum atomic E-state index is -0.232. The molecule has 2 aromatic carbocycles. The summed E-state index contributed by atoms with van der Waals surface area (Å²) < 4.78 is 14.0. The van der Waals surface area contributed by atoms with Gasteiger partial charge >= 0.3 is 0 Å². The number of halogens is 2. The van der Waals surface area contributed by atoms with Crippen LogP contribution < -0.4 is 4.90 Å². The number of carbonyl (C=O) groups is 1. The molecule has 1 aliphatic heterocycles. The summed E-state index contributed by atoms with van der Waals surface area (Å²) in [5.41, 5.74) is 2.13. The largest absolute Gasteiger partial charge is 0.366 e. The maximum atomic E-state index is 14.0. The molecule has 28 heavy (non-hydrogen) atoms. The second kappa shape index (κ2) is 7.89. The van der Waals surface area contributed by atoms with E-state index in [1.165, 1.54) is 17.4 Å². The van der Waals surface area contributed by atoms with Crippen molar-refractivity contribution in [3.8, 4) is 10.6 Å². The molecular weight excluding hydrogens is 397 g/mol. The molecule has 1 aromatic heterocycles. The Morgan fingerprint density at radius 3 is 2.46 bits per heavy atom. The molecule has 0 saturated carbocycles. The van der Waals surface area contributed by atoms with E-state index in [-0.39, 0.29) is 11.7 Å². The summed E-state index contributed by atoms with van der Waals surface area (Å²) in [4.78, 5) is 22.0. The summed E-state index contributed by atoms with van der Waals surface area (Å²) in [6, 6.07) is 14.2. The number of carbonyl (C=O) groups excluding carboxylic acids is 1. The fourth-order valence-electron chi connectivity index (χ4n) is 3.35. The number of aromatic nitrogens is 1. The van der Waals surface area contributed by atoms with Crippen LogP contribution in [0.25, 0.3) is 10.6 Å². The van der Waals surface area contributed by atoms with Gasteiger partial charge in [0, 0.05) is 31.7 Å². The fraction of sp³-hybridized carbons (Fsp3) is 0.238. The van der Waals surface area contributed by atoms with Crippen molar-refractivity contribution in [1.29, 1.82) is 0 Å². The van der Waals surface area contributed by atoms with E-state index in [9.17, 15) is 9.18 Å². The van der Waals surface area contributed by atoms with Crippen molar-refractivity contribution in [1.82, 2.24) is 9.88 Å². The molecule has 0 bridgehead atoms. The molecule has 4 rings (SSSR count). The van der Waals surface area contributed by atoms with Crippen LogP contribution in [-0.4, -0.2) is 42.0 Å². The Hall–Kier alpha value is -2.44. The number of aryl methyl sites for hydroxylation is 1. The summed E-state index contributed by atoms with van der Waals surface area (Å²) >= 11 is 7.64. The zero-order valence-corrected chi connectivity index (χ0v) is 16.9. The number of hydrogen-bond donors (Lipinski definition) is 0. The van der Waals surface area contributed by atoms with Crippen LogP contribution in [0.4, 0.5) is 10.1 Å². The lowest BCUT2D eigenvalue weighted by Crippen LogP contribution is -2.49. The van der Waals surface area contributed by atoms with Crippen molar-refractivity contribution in [3.05, 3.63) is 69.9 Å². The highest BCUT2D eigenvalue weighted by molar-refractivity contribution is 7.17. The van der Waals surface area contributed by atoms with Gasteiger partial charge < -0.3 is 9.80 Å². The number of amides is 1. The summed E-state index contributed by atoms with van der Waals surface area (Å²) in [6.45, 7) is 4.14. The molecule has 0 spiro atoms. The standard InChI is InChI=1S/C21H19ClFN3OS/c1-14-19(28-20(24-14)15-6-2-3-7-16(15)22)21(27)26-12-10-25(11-13-26)18-9-5-4-8-17(18)23/h2-9H,10-13H2,1H3. The van der Waals surface area contributed by atoms with Crippen molar-refractivity contribution in [2.45, 2.75) is 6.92 Å². The topological polar surface area (TPSA) is 36.4 Å². The average molecular weight is 416 g/mol. The van der Waals surface area contributed by atoms with Crippen LogP contribution >= 0.6 is 22.9 Å². The number of para-hydroxylation sites is 1. The fourth-order valence-corrected chi connectivity index (χ4v) is 4.70. The third-order valence-electron chi connectivity index (χ3n) is 4.86. The van der Waals surface area contributed by atoms with Gasteiger partial charge in [0.05, 0.1) is 16.4 Å². The van der Waals surface area contributed by atoms with Gasteiger partial charge in [0.15, 0.2) is 0 Å². The molecule has 0 atom stereocenters. The minimum absolute atomic E-state index is 0.0264. The summed E-state index contributed by atoms with van der Waals surface area (Å²) in [5.74, 6) is -0.258. The predicted molar refractivity (Wildman–Crippen MR) is 112 cm³/mol. The van der Waals surface area contributed by atoms with Gasteiger partial charge in [-0.2, -0.15) is 0 Å². The number of nitrogens with zero attached hydrogens (tertiary/aromatic N) is 3. The molecule has 1 fully saturated rings. The van der Waals surface area contributed by atoms with E-state index in [4.69, 9.17) is 11.6 Å². The minimum Gasteiger partial charge on any atom is -0.366 e. The molecular formula is C21H19ClFN3OS. The van der Waals surface area contributed by atoms with Gasteiger partial charge in [0.1, 0.15) is 15.7 Å². The maximum Gasteiger partial charge on any atom is 0.265 e. The quantitative estimate of drug-likeness (QED) is 0.612. The van der Waals surface area contributed by atoms with Crippen molar-refractivity contribution >= 4 is 34.5 Å². The molecule has 0 radical (unpaired) electrons. The monoisotopic (exact) mass is 415 g/mol. The zero-order chi connectivity index (χ0) is 19.7. The molecule has 4 nitrogen and oxygen atoms in total. The second-order valence-corrected chi connectivity index (χ2v) is 8.05. The van der Waals surface area contributed by atoms with Crippen LogP contribution in [0.1, 0.15) is 15.4 Å². The van der Waals surface area contributed by atoms with Crippen molar-refractivity contribution in [2.75, 3.05) is 31.1 Å². The Bertz CT molecular complexity index is 1010. The van der Waals surface area contributed by atoms with Crippen molar-refractivity contribution in [2.24, 2.45) is 0 Å². The molecule has 3 aromatic rings. The van der Waals surface area contributed by atoms with E-state index >= 15 is 0 Å². The highest BCUT2D eigenvalue weighted by Gasteiger charge is 2.26. The Morgan fingerprint density at radius 1 is 1.07 bits per heavy atom. The van der Waals surface area contributed by atoms with E-state index in [1.54, 1.807) is 12.1 Å². The number of benzene rings is 2. The lowest BCUT2D eigenvalue weighted by molar-refractivity contribution is 0.0750. The number of hydrogen-bond acceptors (Lipinski definition) is 4. The Morgan fingerprint density at radius 2 is 1.75 bits per heavy atom. The third-order valence-corrected chi connectivity index (χ3v) is 6.36. The number of thiazole rings is 1. The predicted octanol–water partition coefficient (Wildman–Crippen LogP) is 4.87. The van der Waals surface area contributed by atoms with Crippen molar-refractivity contribution in [3.63, 3.8) is 0 Å². The first-order valence-electron chi connectivity index (χ1n) is 9.05. The highest BCUT2D eigenvalue weighted by atomic mass is 35.5. The first-order valence-corrected chi connectivity index (χ1v) is 10.2. The lowest BCUT2D eigenvalue weighted by atomic mass is 10.2. The first-order chi connectivity index (χ1) is 13.5. The highest BCUT2D eigenvalue weighted by Crippen LogP contribution is 2.33. The van der Waals surface area contributed by atoms with E-state index in [1.807, 2.05) is 47.1 Å². The summed E-state index contributed by atoms with van der Waals surface area (Å²) in [7, 11) is 0. The zero-order valence-electron chi connectivity index (χ0n) is 15.4. The first kappa shape index (κ1) is 18.9. The molecule has 0 unspecified atom stereocenters. The Kier molecular flexibility index (Phi) is 5.33. The van der Waals surface area contributed by atoms with Gasteiger partial charge in [-0.05, 0) is 25.1 Å². The van der Waals surface area contributed by atoms with Crippen LogP contribution in [0.15, 0.2) is 48.5 Å². The lowest BCUT2D eigenvalue weighted by Gasteiger charge is -2.36. The number of piperazine rings is 1. The number of rotatable bonds is 3. The SMILES string of the molecule is Cc1nc(-c2ccccc2Cl)sc1C(=O)N1CCN(c2ccccc2F)CC1. The van der Waals surface area contributed by atoms with Gasteiger partial charge in [0.2, 0.25) is 0 Å². The Balaban J connectivity index is 1.49. The normalized spacial score (nSPS) is 14.4. The summed E-state index contributed by atoms with van der Waals surface area (Å²) in [6.07, 6.45) is 0. The van der Waals surface area contributed by atoms with Gasteiger partial charge in [-0.15, -0.1) is 11.3 Å². The molecule has 0 aliphatic carbocycles. The van der Waals surface area contributed by atoms with E-state index in [2.05, 4.69) is 4.98 Å². The van der Waals surface area contributed by atoms with Gasteiger partial charge in [-0.3, -0.25) is 4.79 Å². The number of anilines is 1. The molecule has 1 aliphatic rings. The summed E-state index contributed by atoms with van der Waals surface area (Å²) in [5, 5.41) is 1.37. The third kappa shape index (κ3) is 3.62. The average Bonchev–Trinajstić information content (AvgIpc) is 3.10.